The molecule has 1 amide bonds. The number of amides is 1. The number of likely N-dealkylation sites (N-methyl/N-ethyl adjacent to an activating group) is 2. The van der Waals surface area contributed by atoms with Gasteiger partial charge in [0.25, 0.3) is 0 Å². The summed E-state index contributed by atoms with van der Waals surface area (Å²) in [6.07, 6.45) is 2.03. The molecule has 0 unspecified atom stereocenters. The van der Waals surface area contributed by atoms with E-state index in [0.717, 1.165) is 32.5 Å². The van der Waals surface area contributed by atoms with Gasteiger partial charge < -0.3 is 15.1 Å². The van der Waals surface area contributed by atoms with E-state index in [1.165, 1.54) is 5.56 Å². The Balaban J connectivity index is 2.41. The van der Waals surface area contributed by atoms with Gasteiger partial charge in [-0.05, 0) is 39.5 Å². The van der Waals surface area contributed by atoms with Gasteiger partial charge in [-0.25, -0.2) is 0 Å². The van der Waals surface area contributed by atoms with Crippen molar-refractivity contribution in [2.24, 2.45) is 0 Å². The summed E-state index contributed by atoms with van der Waals surface area (Å²) in [7, 11) is 5.88. The van der Waals surface area contributed by atoms with E-state index in [4.69, 9.17) is 0 Å². The number of aryl methyl sites for hydroxylation is 1. The van der Waals surface area contributed by atoms with Crippen LogP contribution in [0.5, 0.6) is 0 Å². The Bertz CT molecular complexity index is 379. The Hall–Kier alpha value is -1.39. The first-order valence-corrected chi connectivity index (χ1v) is 7.24. The molecular formula is C16H27N3O. The minimum absolute atomic E-state index is 0.183. The van der Waals surface area contributed by atoms with Gasteiger partial charge in [0.05, 0.1) is 6.54 Å². The summed E-state index contributed by atoms with van der Waals surface area (Å²) in [5, 5.41) is 2.94. The summed E-state index contributed by atoms with van der Waals surface area (Å²) in [4.78, 5) is 16.1. The molecule has 0 fully saturated rings. The van der Waals surface area contributed by atoms with Gasteiger partial charge in [0, 0.05) is 19.6 Å². The van der Waals surface area contributed by atoms with Crippen LogP contribution in [0.3, 0.4) is 0 Å². The lowest BCUT2D eigenvalue weighted by Gasteiger charge is -2.24. The lowest BCUT2D eigenvalue weighted by Crippen LogP contribution is -2.41. The van der Waals surface area contributed by atoms with E-state index < -0.39 is 0 Å². The van der Waals surface area contributed by atoms with Gasteiger partial charge in [-0.15, -0.1) is 0 Å². The van der Waals surface area contributed by atoms with E-state index in [1.54, 1.807) is 0 Å². The third kappa shape index (κ3) is 6.68. The predicted octanol–water partition coefficient (Wildman–Crippen LogP) is 1.23. The standard InChI is InChI=1S/C16H27N3O/c1-17-14-16(20)19(13-12-18(2)3)11-7-10-15-8-5-4-6-9-15/h4-6,8-9,17H,7,10-14H2,1-3H3. The molecule has 4 nitrogen and oxygen atoms in total. The number of hydrogen-bond donors (Lipinski definition) is 1. The van der Waals surface area contributed by atoms with Crippen molar-refractivity contribution < 1.29 is 4.79 Å². The molecule has 1 aromatic rings. The van der Waals surface area contributed by atoms with Gasteiger partial charge in [0.15, 0.2) is 0 Å². The molecule has 1 rings (SSSR count). The van der Waals surface area contributed by atoms with Crippen LogP contribution in [0, 0.1) is 0 Å². The Kier molecular flexibility index (Phi) is 7.92. The van der Waals surface area contributed by atoms with E-state index in [-0.39, 0.29) is 5.91 Å². The average molecular weight is 277 g/mol. The monoisotopic (exact) mass is 277 g/mol. The first-order valence-electron chi connectivity index (χ1n) is 7.24. The second-order valence-corrected chi connectivity index (χ2v) is 5.30. The maximum absolute atomic E-state index is 12.0. The molecule has 0 radical (unpaired) electrons. The maximum Gasteiger partial charge on any atom is 0.236 e. The fraction of sp³-hybridized carbons (Fsp3) is 0.562. The molecule has 0 aliphatic rings. The van der Waals surface area contributed by atoms with E-state index in [2.05, 4.69) is 34.5 Å². The summed E-state index contributed by atoms with van der Waals surface area (Å²) >= 11 is 0. The van der Waals surface area contributed by atoms with Gasteiger partial charge in [-0.1, -0.05) is 30.3 Å². The largest absolute Gasteiger partial charge is 0.340 e. The zero-order valence-electron chi connectivity index (χ0n) is 12.9. The molecule has 0 saturated carbocycles. The molecular weight excluding hydrogens is 250 g/mol. The third-order valence-electron chi connectivity index (χ3n) is 3.23. The van der Waals surface area contributed by atoms with Crippen LogP contribution in [-0.2, 0) is 11.2 Å². The minimum atomic E-state index is 0.183. The Labute approximate surface area is 122 Å². The van der Waals surface area contributed by atoms with Gasteiger partial charge in [-0.3, -0.25) is 4.79 Å². The Morgan fingerprint density at radius 1 is 1.10 bits per heavy atom. The van der Waals surface area contributed by atoms with Crippen molar-refractivity contribution in [2.45, 2.75) is 12.8 Å². The third-order valence-corrected chi connectivity index (χ3v) is 3.23. The van der Waals surface area contributed by atoms with Gasteiger partial charge >= 0.3 is 0 Å². The highest BCUT2D eigenvalue weighted by molar-refractivity contribution is 5.78. The molecule has 0 spiro atoms. The molecule has 0 heterocycles. The molecule has 1 N–H and O–H groups in total. The van der Waals surface area contributed by atoms with Crippen LogP contribution in [0.4, 0.5) is 0 Å². The molecule has 112 valence electrons. The van der Waals surface area contributed by atoms with E-state index in [9.17, 15) is 4.79 Å². The highest BCUT2D eigenvalue weighted by atomic mass is 16.2. The summed E-state index contributed by atoms with van der Waals surface area (Å²) in [6.45, 7) is 2.94. The normalized spacial score (nSPS) is 10.8. The number of carbonyl (C=O) groups excluding carboxylic acids is 1. The summed E-state index contributed by atoms with van der Waals surface area (Å²) in [5.74, 6) is 0.183. The van der Waals surface area contributed by atoms with E-state index in [1.807, 2.05) is 32.1 Å². The number of nitrogens with zero attached hydrogens (tertiary/aromatic N) is 2. The summed E-state index contributed by atoms with van der Waals surface area (Å²) in [6, 6.07) is 10.4. The summed E-state index contributed by atoms with van der Waals surface area (Å²) < 4.78 is 0. The van der Waals surface area contributed by atoms with Crippen molar-refractivity contribution in [2.75, 3.05) is 47.3 Å². The molecule has 0 atom stereocenters. The second-order valence-electron chi connectivity index (χ2n) is 5.30. The first-order chi connectivity index (χ1) is 9.63. The van der Waals surface area contributed by atoms with Crippen LogP contribution in [0.1, 0.15) is 12.0 Å². The Morgan fingerprint density at radius 2 is 1.80 bits per heavy atom. The minimum Gasteiger partial charge on any atom is -0.340 e. The molecule has 0 aromatic heterocycles. The van der Waals surface area contributed by atoms with Crippen LogP contribution in [0.25, 0.3) is 0 Å². The quantitative estimate of drug-likeness (QED) is 0.737. The lowest BCUT2D eigenvalue weighted by molar-refractivity contribution is -0.130. The van der Waals surface area contributed by atoms with Crippen LogP contribution in [0.2, 0.25) is 0 Å². The highest BCUT2D eigenvalue weighted by Crippen LogP contribution is 2.04. The fourth-order valence-electron chi connectivity index (χ4n) is 2.06. The second kappa shape index (κ2) is 9.50. The van der Waals surface area contributed by atoms with Crippen molar-refractivity contribution in [3.63, 3.8) is 0 Å². The number of hydrogen-bond acceptors (Lipinski definition) is 3. The van der Waals surface area contributed by atoms with Crippen LogP contribution >= 0.6 is 0 Å². The van der Waals surface area contributed by atoms with Gasteiger partial charge in [-0.2, -0.15) is 0 Å². The van der Waals surface area contributed by atoms with Crippen molar-refractivity contribution in [1.29, 1.82) is 0 Å². The number of benzene rings is 1. The molecule has 20 heavy (non-hydrogen) atoms. The van der Waals surface area contributed by atoms with Crippen LogP contribution in [-0.4, -0.2) is 63.0 Å². The maximum atomic E-state index is 12.0. The predicted molar refractivity (Wildman–Crippen MR) is 83.8 cm³/mol. The molecule has 0 saturated heterocycles. The first kappa shape index (κ1) is 16.7. The molecule has 1 aromatic carbocycles. The van der Waals surface area contributed by atoms with Gasteiger partial charge in [0.2, 0.25) is 5.91 Å². The van der Waals surface area contributed by atoms with Crippen molar-refractivity contribution >= 4 is 5.91 Å². The zero-order chi connectivity index (χ0) is 14.8. The van der Waals surface area contributed by atoms with Crippen LogP contribution in [0.15, 0.2) is 30.3 Å². The fourth-order valence-corrected chi connectivity index (χ4v) is 2.06. The van der Waals surface area contributed by atoms with Gasteiger partial charge in [0.1, 0.15) is 0 Å². The summed E-state index contributed by atoms with van der Waals surface area (Å²) in [5.41, 5.74) is 1.33. The number of carbonyl (C=O) groups is 1. The smallest absolute Gasteiger partial charge is 0.236 e. The topological polar surface area (TPSA) is 35.6 Å². The average Bonchev–Trinajstić information content (AvgIpc) is 2.43. The van der Waals surface area contributed by atoms with Crippen molar-refractivity contribution in [3.8, 4) is 0 Å². The number of nitrogens with one attached hydrogen (secondary N) is 1. The molecule has 0 aliphatic heterocycles. The number of rotatable bonds is 9. The van der Waals surface area contributed by atoms with Crippen molar-refractivity contribution in [1.82, 2.24) is 15.1 Å². The molecule has 0 aliphatic carbocycles. The zero-order valence-corrected chi connectivity index (χ0v) is 12.9. The van der Waals surface area contributed by atoms with E-state index >= 15 is 0 Å². The van der Waals surface area contributed by atoms with Crippen LogP contribution < -0.4 is 5.32 Å². The van der Waals surface area contributed by atoms with E-state index in [0.29, 0.717) is 6.54 Å². The highest BCUT2D eigenvalue weighted by Gasteiger charge is 2.12. The SMILES string of the molecule is CNCC(=O)N(CCCc1ccccc1)CCN(C)C. The van der Waals surface area contributed by atoms with Crippen molar-refractivity contribution in [3.05, 3.63) is 35.9 Å². The lowest BCUT2D eigenvalue weighted by atomic mass is 10.1. The molecule has 4 heteroatoms. The molecule has 0 bridgehead atoms. The Morgan fingerprint density at radius 3 is 2.40 bits per heavy atom.